The number of Topliss-reactive ketones (excluding diaryl/α,β-unsaturated/α-hetero) is 1. The van der Waals surface area contributed by atoms with E-state index in [-0.39, 0.29) is 15.9 Å². The Morgan fingerprint density at radius 1 is 1.06 bits per heavy atom. The van der Waals surface area contributed by atoms with Crippen LogP contribution in [0.25, 0.3) is 0 Å². The Labute approximate surface area is 186 Å². The summed E-state index contributed by atoms with van der Waals surface area (Å²) in [4.78, 5) is 14.0. The number of benzene rings is 2. The number of fused-ring (bicyclic) bond motifs is 4. The van der Waals surface area contributed by atoms with Crippen LogP contribution in [0.15, 0.2) is 112 Å². The van der Waals surface area contributed by atoms with E-state index in [1.165, 1.54) is 29.8 Å². The van der Waals surface area contributed by atoms with Gasteiger partial charge in [-0.1, -0.05) is 50.3 Å². The largest absolute Gasteiger partial charge is 0.320 e. The molecular formula is C26H20FNO3S. The fourth-order valence-electron chi connectivity index (χ4n) is 4.42. The minimum Gasteiger partial charge on any atom is -0.320 e. The fourth-order valence-corrected chi connectivity index (χ4v) is 5.98. The monoisotopic (exact) mass is 445 g/mol. The smallest absolute Gasteiger partial charge is 0.211 e. The molecule has 6 heteroatoms. The van der Waals surface area contributed by atoms with Gasteiger partial charge in [-0.15, -0.1) is 0 Å². The number of hydrogen-bond acceptors (Lipinski definition) is 4. The Hall–Kier alpha value is -3.51. The van der Waals surface area contributed by atoms with Crippen LogP contribution in [-0.2, 0) is 15.3 Å². The summed E-state index contributed by atoms with van der Waals surface area (Å²) >= 11 is 0. The van der Waals surface area contributed by atoms with Crippen LogP contribution in [0.4, 0.5) is 10.1 Å². The third-order valence-corrected chi connectivity index (χ3v) is 7.91. The number of carbonyl (C=O) groups excluding carboxylic acids is 1. The maximum Gasteiger partial charge on any atom is 0.211 e. The molecule has 0 atom stereocenters. The number of halogens is 1. The van der Waals surface area contributed by atoms with Crippen molar-refractivity contribution < 1.29 is 17.6 Å². The number of para-hydroxylation sites is 1. The van der Waals surface area contributed by atoms with Gasteiger partial charge in [0.25, 0.3) is 0 Å². The van der Waals surface area contributed by atoms with E-state index >= 15 is 0 Å². The van der Waals surface area contributed by atoms with E-state index in [2.05, 4.69) is 30.9 Å². The molecule has 0 radical (unpaired) electrons. The van der Waals surface area contributed by atoms with Crippen LogP contribution < -0.4 is 4.90 Å². The van der Waals surface area contributed by atoms with Gasteiger partial charge >= 0.3 is 0 Å². The number of allylic oxidation sites excluding steroid dienone is 9. The van der Waals surface area contributed by atoms with E-state index in [0.29, 0.717) is 0 Å². The second-order valence-electron chi connectivity index (χ2n) is 8.41. The normalized spacial score (nSPS) is 22.7. The van der Waals surface area contributed by atoms with Crippen LogP contribution in [0.3, 0.4) is 0 Å². The summed E-state index contributed by atoms with van der Waals surface area (Å²) in [5, 5.41) is 0. The second kappa shape index (κ2) is 7.00. The van der Waals surface area contributed by atoms with Gasteiger partial charge < -0.3 is 4.90 Å². The molecule has 0 unspecified atom stereocenters. The summed E-state index contributed by atoms with van der Waals surface area (Å²) in [7, 11) is -4.01. The van der Waals surface area contributed by atoms with Crippen molar-refractivity contribution in [2.75, 3.05) is 4.90 Å². The molecule has 5 rings (SSSR count). The van der Waals surface area contributed by atoms with Gasteiger partial charge in [0, 0.05) is 28.6 Å². The minimum atomic E-state index is -4.01. The van der Waals surface area contributed by atoms with Crippen molar-refractivity contribution in [1.29, 1.82) is 0 Å². The lowest BCUT2D eigenvalue weighted by atomic mass is 9.83. The maximum absolute atomic E-state index is 14.7. The van der Waals surface area contributed by atoms with E-state index in [1.54, 1.807) is 12.1 Å². The molecule has 0 saturated carbocycles. The van der Waals surface area contributed by atoms with E-state index in [9.17, 15) is 17.6 Å². The van der Waals surface area contributed by atoms with Gasteiger partial charge in [0.2, 0.25) is 15.6 Å². The summed E-state index contributed by atoms with van der Waals surface area (Å²) in [6.07, 6.45) is 9.36. The highest BCUT2D eigenvalue weighted by Crippen LogP contribution is 2.49. The number of ketones is 1. The Morgan fingerprint density at radius 2 is 1.78 bits per heavy atom. The van der Waals surface area contributed by atoms with Crippen LogP contribution in [0.2, 0.25) is 0 Å². The first-order valence-electron chi connectivity index (χ1n) is 10.2. The third-order valence-electron chi connectivity index (χ3n) is 6.09. The molecule has 3 heterocycles. The van der Waals surface area contributed by atoms with Crippen molar-refractivity contribution in [2.45, 2.75) is 24.2 Å². The molecule has 2 aromatic rings. The van der Waals surface area contributed by atoms with Crippen molar-refractivity contribution >= 4 is 21.3 Å². The molecule has 160 valence electrons. The molecule has 0 saturated heterocycles. The molecule has 0 amide bonds. The molecular weight excluding hydrogens is 425 g/mol. The molecule has 0 bridgehead atoms. The Balaban J connectivity index is 1.47. The van der Waals surface area contributed by atoms with E-state index in [4.69, 9.17) is 0 Å². The first-order valence-corrected chi connectivity index (χ1v) is 11.7. The number of hydrogen-bond donors (Lipinski definition) is 0. The zero-order valence-corrected chi connectivity index (χ0v) is 18.4. The summed E-state index contributed by atoms with van der Waals surface area (Å²) in [5.41, 5.74) is 4.05. The zero-order chi connectivity index (χ0) is 22.7. The molecule has 3 aliphatic rings. The quantitative estimate of drug-likeness (QED) is 0.571. The molecule has 3 aliphatic heterocycles. The van der Waals surface area contributed by atoms with E-state index < -0.39 is 26.4 Å². The van der Waals surface area contributed by atoms with Gasteiger partial charge in [-0.2, -0.15) is 0 Å². The number of rotatable bonds is 2. The zero-order valence-electron chi connectivity index (χ0n) is 17.5. The van der Waals surface area contributed by atoms with Crippen LogP contribution in [-0.4, -0.2) is 14.2 Å². The lowest BCUT2D eigenvalue weighted by molar-refractivity contribution is 0.104. The van der Waals surface area contributed by atoms with Gasteiger partial charge in [0.15, 0.2) is 0 Å². The molecule has 32 heavy (non-hydrogen) atoms. The molecule has 0 aliphatic carbocycles. The van der Waals surface area contributed by atoms with Crippen molar-refractivity contribution in [3.63, 3.8) is 0 Å². The van der Waals surface area contributed by atoms with Crippen LogP contribution in [0.1, 0.15) is 29.8 Å². The minimum absolute atomic E-state index is 0.0768. The average Bonchev–Trinajstić information content (AvgIpc) is 3.13. The highest BCUT2D eigenvalue weighted by molar-refractivity contribution is 7.97. The van der Waals surface area contributed by atoms with E-state index in [1.807, 2.05) is 30.5 Å². The Morgan fingerprint density at radius 3 is 2.56 bits per heavy atom. The molecule has 0 N–H and O–H groups in total. The average molecular weight is 446 g/mol. The van der Waals surface area contributed by atoms with Gasteiger partial charge in [-0.05, 0) is 53.6 Å². The predicted molar refractivity (Wildman–Crippen MR) is 122 cm³/mol. The van der Waals surface area contributed by atoms with Gasteiger partial charge in [0.1, 0.15) is 10.7 Å². The third kappa shape index (κ3) is 2.94. The maximum atomic E-state index is 14.7. The van der Waals surface area contributed by atoms with Crippen LogP contribution in [0, 0.1) is 0 Å². The van der Waals surface area contributed by atoms with Gasteiger partial charge in [0.05, 0.1) is 4.90 Å². The summed E-state index contributed by atoms with van der Waals surface area (Å²) < 4.78 is 39.9. The molecule has 0 spiro atoms. The topological polar surface area (TPSA) is 54.5 Å². The number of nitrogens with zero attached hydrogens (tertiary/aromatic N) is 1. The first-order chi connectivity index (χ1) is 15.2. The molecule has 4 nitrogen and oxygen atoms in total. The van der Waals surface area contributed by atoms with Crippen molar-refractivity contribution in [3.05, 3.63) is 118 Å². The first kappa shape index (κ1) is 20.4. The lowest BCUT2D eigenvalue weighted by Crippen LogP contribution is -2.24. The molecule has 0 aromatic heterocycles. The molecule has 2 aromatic carbocycles. The number of sulfone groups is 1. The van der Waals surface area contributed by atoms with Gasteiger partial charge in [-0.3, -0.25) is 4.79 Å². The number of carbonyl (C=O) groups is 1. The van der Waals surface area contributed by atoms with Crippen molar-refractivity contribution in [1.82, 2.24) is 0 Å². The Bertz CT molecular complexity index is 1440. The SMILES string of the molecule is CC1(C)C2=CC(=CC=C(F)C=C3C(=O)c4ccccc4S3(=O)=O)C=CN2c2ccccc21. The molecule has 0 fully saturated rings. The fraction of sp³-hybridized carbons (Fsp3) is 0.115. The summed E-state index contributed by atoms with van der Waals surface area (Å²) in [6, 6.07) is 14.1. The van der Waals surface area contributed by atoms with E-state index in [0.717, 1.165) is 23.0 Å². The second-order valence-corrected chi connectivity index (χ2v) is 10.3. The van der Waals surface area contributed by atoms with Gasteiger partial charge in [-0.25, -0.2) is 12.8 Å². The highest BCUT2D eigenvalue weighted by Gasteiger charge is 2.40. The Kier molecular flexibility index (Phi) is 4.46. The standard InChI is InChI=1S/C26H20FNO3S/c1-26(2)20-8-4-5-9-21(20)28-14-13-17(15-24(26)28)11-12-18(27)16-23-25(29)19-7-3-6-10-22(19)32(23,30)31/h3-16H,1-2H3. The predicted octanol–water partition coefficient (Wildman–Crippen LogP) is 5.53. The summed E-state index contributed by atoms with van der Waals surface area (Å²) in [5.74, 6) is -1.49. The van der Waals surface area contributed by atoms with Crippen molar-refractivity contribution in [2.24, 2.45) is 0 Å². The van der Waals surface area contributed by atoms with Crippen LogP contribution >= 0.6 is 0 Å². The lowest BCUT2D eigenvalue weighted by Gasteiger charge is -2.27. The summed E-state index contributed by atoms with van der Waals surface area (Å²) in [6.45, 7) is 4.28. The highest BCUT2D eigenvalue weighted by atomic mass is 32.2. The van der Waals surface area contributed by atoms with Crippen LogP contribution in [0.5, 0.6) is 0 Å². The van der Waals surface area contributed by atoms with Crippen molar-refractivity contribution in [3.8, 4) is 0 Å². The number of anilines is 1.